The molecule has 190 valence electrons. The van der Waals surface area contributed by atoms with Crippen molar-refractivity contribution in [3.05, 3.63) is 55.0 Å². The van der Waals surface area contributed by atoms with Crippen molar-refractivity contribution in [3.8, 4) is 28.8 Å². The van der Waals surface area contributed by atoms with Gasteiger partial charge in [0.25, 0.3) is 0 Å². The molecule has 2 aromatic heterocycles. The van der Waals surface area contributed by atoms with Gasteiger partial charge < -0.3 is 19.3 Å². The van der Waals surface area contributed by atoms with Crippen molar-refractivity contribution in [2.24, 2.45) is 13.0 Å². The van der Waals surface area contributed by atoms with Gasteiger partial charge in [-0.2, -0.15) is 10.4 Å². The summed E-state index contributed by atoms with van der Waals surface area (Å²) in [4.78, 5) is 14.2. The van der Waals surface area contributed by atoms with E-state index in [4.69, 9.17) is 14.5 Å². The lowest BCUT2D eigenvalue weighted by Crippen LogP contribution is -2.26. The van der Waals surface area contributed by atoms with E-state index in [0.29, 0.717) is 0 Å². The highest BCUT2D eigenvalue weighted by Crippen LogP contribution is 2.34. The molecule has 1 unspecified atom stereocenters. The fourth-order valence-electron chi connectivity index (χ4n) is 4.81. The second kappa shape index (κ2) is 10.8. The topological polar surface area (TPSA) is 92.3 Å². The van der Waals surface area contributed by atoms with Crippen molar-refractivity contribution in [1.29, 1.82) is 5.26 Å². The molecule has 1 aliphatic rings. The molecular weight excluding hydrogens is 466 g/mol. The first-order chi connectivity index (χ1) is 18.1. The van der Waals surface area contributed by atoms with Crippen LogP contribution < -0.4 is 14.4 Å². The maximum absolute atomic E-state index is 9.25. The van der Waals surface area contributed by atoms with Crippen LogP contribution in [-0.4, -0.2) is 65.0 Å². The number of fused-ring (bicyclic) bond motifs is 1. The molecule has 0 N–H and O–H groups in total. The summed E-state index contributed by atoms with van der Waals surface area (Å²) in [5.41, 5.74) is 5.35. The van der Waals surface area contributed by atoms with E-state index in [2.05, 4.69) is 38.1 Å². The molecule has 5 rings (SSSR count). The Balaban J connectivity index is 1.47. The average Bonchev–Trinajstić information content (AvgIpc) is 3.59. The quantitative estimate of drug-likeness (QED) is 0.336. The summed E-state index contributed by atoms with van der Waals surface area (Å²) >= 11 is 0. The Morgan fingerprint density at radius 2 is 1.86 bits per heavy atom. The second-order valence-electron chi connectivity index (χ2n) is 9.32. The van der Waals surface area contributed by atoms with Crippen LogP contribution in [0.5, 0.6) is 11.5 Å². The van der Waals surface area contributed by atoms with Crippen LogP contribution in [0.15, 0.2) is 55.0 Å². The lowest BCUT2D eigenvalue weighted by atomic mass is 10.1. The highest BCUT2D eigenvalue weighted by Gasteiger charge is 2.22. The Kier molecular flexibility index (Phi) is 7.19. The van der Waals surface area contributed by atoms with Gasteiger partial charge in [-0.3, -0.25) is 9.67 Å². The van der Waals surface area contributed by atoms with E-state index >= 15 is 0 Å². The van der Waals surface area contributed by atoms with E-state index in [0.717, 1.165) is 84.2 Å². The third-order valence-corrected chi connectivity index (χ3v) is 6.80. The zero-order valence-corrected chi connectivity index (χ0v) is 21.5. The van der Waals surface area contributed by atoms with E-state index in [9.17, 15) is 5.26 Å². The predicted molar refractivity (Wildman–Crippen MR) is 143 cm³/mol. The normalized spacial score (nSPS) is 15.6. The van der Waals surface area contributed by atoms with Crippen molar-refractivity contribution >= 4 is 22.4 Å². The summed E-state index contributed by atoms with van der Waals surface area (Å²) in [7, 11) is 5.21. The second-order valence-corrected chi connectivity index (χ2v) is 9.32. The van der Waals surface area contributed by atoms with Gasteiger partial charge in [0, 0.05) is 61.5 Å². The molecule has 37 heavy (non-hydrogen) atoms. The first-order valence-corrected chi connectivity index (χ1v) is 12.4. The molecule has 3 heterocycles. The summed E-state index contributed by atoms with van der Waals surface area (Å²) in [5.74, 6) is 1.61. The molecule has 1 fully saturated rings. The highest BCUT2D eigenvalue weighted by atomic mass is 16.5. The summed E-state index contributed by atoms with van der Waals surface area (Å²) in [6.45, 7) is 3.56. The number of hydrogen-bond acceptors (Lipinski definition) is 8. The van der Waals surface area contributed by atoms with Gasteiger partial charge in [-0.25, -0.2) is 4.98 Å². The maximum Gasteiger partial charge on any atom is 0.124 e. The fraction of sp³-hybridized carbons (Fsp3) is 0.357. The molecule has 1 saturated heterocycles. The number of nitriles is 1. The maximum atomic E-state index is 9.25. The van der Waals surface area contributed by atoms with Gasteiger partial charge in [0.1, 0.15) is 11.5 Å². The van der Waals surface area contributed by atoms with Crippen molar-refractivity contribution in [1.82, 2.24) is 24.6 Å². The van der Waals surface area contributed by atoms with Gasteiger partial charge in [-0.05, 0) is 44.1 Å². The van der Waals surface area contributed by atoms with Gasteiger partial charge in [-0.15, -0.1) is 0 Å². The van der Waals surface area contributed by atoms with Crippen LogP contribution in [0.25, 0.3) is 22.3 Å². The molecule has 0 spiro atoms. The van der Waals surface area contributed by atoms with Crippen LogP contribution in [0.3, 0.4) is 0 Å². The van der Waals surface area contributed by atoms with Gasteiger partial charge in [0.2, 0.25) is 0 Å². The molecule has 1 aliphatic heterocycles. The summed E-state index contributed by atoms with van der Waals surface area (Å²) in [5, 5.41) is 13.5. The van der Waals surface area contributed by atoms with Gasteiger partial charge in [-0.1, -0.05) is 0 Å². The predicted octanol–water partition coefficient (Wildman–Crippen LogP) is 4.42. The Morgan fingerprint density at radius 3 is 2.54 bits per heavy atom. The van der Waals surface area contributed by atoms with Gasteiger partial charge in [0.05, 0.1) is 55.3 Å². The van der Waals surface area contributed by atoms with E-state index < -0.39 is 0 Å². The minimum absolute atomic E-state index is 0.145. The Morgan fingerprint density at radius 1 is 1.05 bits per heavy atom. The van der Waals surface area contributed by atoms with E-state index in [-0.39, 0.29) is 5.92 Å². The van der Waals surface area contributed by atoms with E-state index in [1.54, 1.807) is 31.3 Å². The van der Waals surface area contributed by atoms with Crippen molar-refractivity contribution in [2.75, 3.05) is 45.3 Å². The van der Waals surface area contributed by atoms with Crippen LogP contribution in [0.2, 0.25) is 0 Å². The van der Waals surface area contributed by atoms with Crippen LogP contribution in [0.4, 0.5) is 11.4 Å². The van der Waals surface area contributed by atoms with Crippen LogP contribution in [0.1, 0.15) is 12.8 Å². The highest BCUT2D eigenvalue weighted by molar-refractivity contribution is 5.82. The number of methoxy groups -OCH3 is 2. The number of rotatable bonds is 9. The Hall–Kier alpha value is -4.16. The molecule has 0 saturated carbocycles. The smallest absolute Gasteiger partial charge is 0.124 e. The molecule has 0 bridgehead atoms. The SMILES string of the molecule is COc1cc(OC)cc(N(CCCN2CCC(C#N)C2)c2ccc3ncc(-c4cnn(C)c4)nc3c2)c1. The lowest BCUT2D eigenvalue weighted by Gasteiger charge is -2.27. The number of likely N-dealkylation sites (tertiary alicyclic amines) is 1. The zero-order valence-electron chi connectivity index (χ0n) is 21.5. The van der Waals surface area contributed by atoms with Crippen molar-refractivity contribution in [2.45, 2.75) is 12.8 Å². The van der Waals surface area contributed by atoms with Gasteiger partial charge >= 0.3 is 0 Å². The molecule has 4 aromatic rings. The standard InChI is InChI=1S/C28H31N7O2/c1-33-19-21(16-31-33)28-17-30-26-6-5-22(13-27(26)32-28)35(9-4-8-34-10-7-20(15-29)18-34)23-11-24(36-2)14-25(12-23)37-3/h5-6,11-14,16-17,19-20H,4,7-10,18H2,1-3H3. The molecule has 9 nitrogen and oxygen atoms in total. The molecule has 1 atom stereocenters. The van der Waals surface area contributed by atoms with Gasteiger partial charge in [0.15, 0.2) is 0 Å². The van der Waals surface area contributed by atoms with Crippen molar-refractivity contribution < 1.29 is 9.47 Å². The first-order valence-electron chi connectivity index (χ1n) is 12.4. The molecular formula is C28H31N7O2. The average molecular weight is 498 g/mol. The zero-order chi connectivity index (χ0) is 25.8. The number of ether oxygens (including phenoxy) is 2. The number of nitrogens with zero attached hydrogens (tertiary/aromatic N) is 7. The number of hydrogen-bond donors (Lipinski definition) is 0. The number of aryl methyl sites for hydroxylation is 1. The summed E-state index contributed by atoms with van der Waals surface area (Å²) in [6.07, 6.45) is 7.41. The Labute approximate surface area is 216 Å². The number of anilines is 2. The summed E-state index contributed by atoms with van der Waals surface area (Å²) in [6, 6.07) is 14.5. The monoisotopic (exact) mass is 497 g/mol. The molecule has 9 heteroatoms. The van der Waals surface area contributed by atoms with Crippen LogP contribution in [-0.2, 0) is 7.05 Å². The minimum Gasteiger partial charge on any atom is -0.497 e. The molecule has 0 aliphatic carbocycles. The first kappa shape index (κ1) is 24.5. The van der Waals surface area contributed by atoms with Crippen LogP contribution >= 0.6 is 0 Å². The molecule has 0 radical (unpaired) electrons. The third kappa shape index (κ3) is 5.49. The molecule has 2 aromatic carbocycles. The lowest BCUT2D eigenvalue weighted by molar-refractivity contribution is 0.329. The molecule has 0 amide bonds. The van der Waals surface area contributed by atoms with E-state index in [1.807, 2.05) is 37.5 Å². The largest absolute Gasteiger partial charge is 0.497 e. The minimum atomic E-state index is 0.145. The Bertz CT molecular complexity index is 1410. The van der Waals surface area contributed by atoms with Crippen LogP contribution in [0, 0.1) is 17.2 Å². The number of aromatic nitrogens is 4. The van der Waals surface area contributed by atoms with Crippen molar-refractivity contribution in [3.63, 3.8) is 0 Å². The number of benzene rings is 2. The third-order valence-electron chi connectivity index (χ3n) is 6.80. The fourth-order valence-corrected chi connectivity index (χ4v) is 4.81. The van der Waals surface area contributed by atoms with E-state index in [1.165, 1.54) is 0 Å². The summed E-state index contributed by atoms with van der Waals surface area (Å²) < 4.78 is 12.9.